The van der Waals surface area contributed by atoms with Gasteiger partial charge >= 0.3 is 0 Å². The van der Waals surface area contributed by atoms with Crippen molar-refractivity contribution in [3.8, 4) is 5.88 Å². The minimum atomic E-state index is 0.501. The second-order valence-corrected chi connectivity index (χ2v) is 7.07. The maximum atomic E-state index is 5.46. The summed E-state index contributed by atoms with van der Waals surface area (Å²) in [7, 11) is 3.43. The van der Waals surface area contributed by atoms with Crippen LogP contribution in [0.15, 0.2) is 40.8 Å². The van der Waals surface area contributed by atoms with Crippen LogP contribution in [0, 0.1) is 5.92 Å². The van der Waals surface area contributed by atoms with Crippen molar-refractivity contribution in [3.05, 3.63) is 46.3 Å². The van der Waals surface area contributed by atoms with Gasteiger partial charge in [-0.1, -0.05) is 19.1 Å². The minimum Gasteiger partial charge on any atom is -0.475 e. The first-order valence-electron chi connectivity index (χ1n) is 8.74. The van der Waals surface area contributed by atoms with E-state index in [0.717, 1.165) is 24.5 Å². The van der Waals surface area contributed by atoms with Crippen LogP contribution in [0.3, 0.4) is 0 Å². The van der Waals surface area contributed by atoms with E-state index in [1.54, 1.807) is 14.2 Å². The molecule has 2 rings (SSSR count). The zero-order valence-corrected chi connectivity index (χ0v) is 16.5. The van der Waals surface area contributed by atoms with Crippen LogP contribution >= 0.6 is 11.3 Å². The molecule has 0 spiro atoms. The SMILES string of the molecule is CN=C(NCc1ccc(OCCOC)nc1)NCC(C)Cc1cccs1. The number of hydrogen-bond donors (Lipinski definition) is 2. The molecule has 1 unspecified atom stereocenters. The van der Waals surface area contributed by atoms with Crippen molar-refractivity contribution in [2.24, 2.45) is 10.9 Å². The summed E-state index contributed by atoms with van der Waals surface area (Å²) in [6.45, 7) is 4.83. The molecule has 6 nitrogen and oxygen atoms in total. The number of nitrogens with one attached hydrogen (secondary N) is 2. The van der Waals surface area contributed by atoms with Crippen LogP contribution in [0.4, 0.5) is 0 Å². The Balaban J connectivity index is 1.70. The van der Waals surface area contributed by atoms with Crippen LogP contribution in [0.25, 0.3) is 0 Å². The third kappa shape index (κ3) is 7.41. The third-order valence-electron chi connectivity index (χ3n) is 3.77. The van der Waals surface area contributed by atoms with Crippen LogP contribution in [-0.4, -0.2) is 44.9 Å². The van der Waals surface area contributed by atoms with Gasteiger partial charge in [0.2, 0.25) is 5.88 Å². The lowest BCUT2D eigenvalue weighted by Crippen LogP contribution is -2.39. The van der Waals surface area contributed by atoms with E-state index in [9.17, 15) is 0 Å². The van der Waals surface area contributed by atoms with E-state index in [4.69, 9.17) is 9.47 Å². The molecule has 0 amide bonds. The number of hydrogen-bond acceptors (Lipinski definition) is 5. The smallest absolute Gasteiger partial charge is 0.213 e. The van der Waals surface area contributed by atoms with E-state index in [-0.39, 0.29) is 0 Å². The highest BCUT2D eigenvalue weighted by atomic mass is 32.1. The van der Waals surface area contributed by atoms with Crippen molar-refractivity contribution in [2.75, 3.05) is 33.9 Å². The van der Waals surface area contributed by atoms with Crippen LogP contribution in [0.2, 0.25) is 0 Å². The molecule has 0 fully saturated rings. The Hall–Kier alpha value is -2.12. The number of methoxy groups -OCH3 is 1. The molecule has 0 aromatic carbocycles. The zero-order valence-electron chi connectivity index (χ0n) is 15.7. The number of nitrogens with zero attached hydrogens (tertiary/aromatic N) is 2. The summed E-state index contributed by atoms with van der Waals surface area (Å²) >= 11 is 1.81. The van der Waals surface area contributed by atoms with Gasteiger partial charge in [0.1, 0.15) is 6.61 Å². The molecule has 0 aliphatic carbocycles. The van der Waals surface area contributed by atoms with Crippen LogP contribution in [0.5, 0.6) is 5.88 Å². The Kier molecular flexibility index (Phi) is 8.92. The molecule has 2 aromatic rings. The topological polar surface area (TPSA) is 67.8 Å². The lowest BCUT2D eigenvalue weighted by Gasteiger charge is -2.15. The van der Waals surface area contributed by atoms with Gasteiger partial charge in [-0.15, -0.1) is 11.3 Å². The molecule has 7 heteroatoms. The van der Waals surface area contributed by atoms with Crippen molar-refractivity contribution in [2.45, 2.75) is 19.9 Å². The van der Waals surface area contributed by atoms with Crippen molar-refractivity contribution in [1.82, 2.24) is 15.6 Å². The number of guanidine groups is 1. The predicted octanol–water partition coefficient (Wildman–Crippen LogP) is 2.71. The van der Waals surface area contributed by atoms with Gasteiger partial charge < -0.3 is 20.1 Å². The van der Waals surface area contributed by atoms with Crippen molar-refractivity contribution in [1.29, 1.82) is 0 Å². The van der Waals surface area contributed by atoms with Crippen molar-refractivity contribution in [3.63, 3.8) is 0 Å². The van der Waals surface area contributed by atoms with Gasteiger partial charge in [0, 0.05) is 44.4 Å². The number of pyridine rings is 1. The van der Waals surface area contributed by atoms with Crippen molar-refractivity contribution >= 4 is 17.3 Å². The molecule has 0 bridgehead atoms. The first kappa shape index (κ1) is 20.2. The van der Waals surface area contributed by atoms with Gasteiger partial charge in [-0.2, -0.15) is 0 Å². The molecule has 0 radical (unpaired) electrons. The third-order valence-corrected chi connectivity index (χ3v) is 4.66. The molecular weight excluding hydrogens is 348 g/mol. The van der Waals surface area contributed by atoms with Crippen LogP contribution in [0.1, 0.15) is 17.4 Å². The summed E-state index contributed by atoms with van der Waals surface area (Å²) in [4.78, 5) is 9.99. The fourth-order valence-electron chi connectivity index (χ4n) is 2.35. The molecule has 0 saturated heterocycles. The monoisotopic (exact) mass is 376 g/mol. The second-order valence-electron chi connectivity index (χ2n) is 6.04. The molecule has 2 N–H and O–H groups in total. The Bertz CT molecular complexity index is 644. The molecule has 0 aliphatic heterocycles. The van der Waals surface area contributed by atoms with E-state index < -0.39 is 0 Å². The summed E-state index contributed by atoms with van der Waals surface area (Å²) in [6, 6.07) is 8.15. The molecule has 142 valence electrons. The average Bonchev–Trinajstić information content (AvgIpc) is 3.16. The van der Waals surface area contributed by atoms with E-state index in [2.05, 4.69) is 45.0 Å². The fourth-order valence-corrected chi connectivity index (χ4v) is 3.22. The highest BCUT2D eigenvalue weighted by Gasteiger charge is 2.06. The van der Waals surface area contributed by atoms with Gasteiger partial charge in [-0.3, -0.25) is 4.99 Å². The highest BCUT2D eigenvalue weighted by molar-refractivity contribution is 7.09. The summed E-state index contributed by atoms with van der Waals surface area (Å²) in [5, 5.41) is 8.82. The van der Waals surface area contributed by atoms with E-state index in [1.165, 1.54) is 4.88 Å². The van der Waals surface area contributed by atoms with Gasteiger partial charge in [0.05, 0.1) is 6.61 Å². The van der Waals surface area contributed by atoms with Crippen LogP contribution in [-0.2, 0) is 17.7 Å². The first-order valence-corrected chi connectivity index (χ1v) is 9.62. The number of thiophene rings is 1. The number of aromatic nitrogens is 1. The molecule has 0 aliphatic rings. The number of rotatable bonds is 10. The van der Waals surface area contributed by atoms with E-state index in [0.29, 0.717) is 31.6 Å². The van der Waals surface area contributed by atoms with E-state index >= 15 is 0 Å². The lowest BCUT2D eigenvalue weighted by molar-refractivity contribution is 0.143. The van der Waals surface area contributed by atoms with E-state index in [1.807, 2.05) is 29.7 Å². The zero-order chi connectivity index (χ0) is 18.6. The summed E-state index contributed by atoms with van der Waals surface area (Å²) in [5.41, 5.74) is 1.07. The molecular formula is C19H28N4O2S. The fraction of sp³-hybridized carbons (Fsp3) is 0.474. The Labute approximate surface area is 159 Å². The molecule has 2 aromatic heterocycles. The van der Waals surface area contributed by atoms with Gasteiger partial charge in [-0.05, 0) is 29.3 Å². The Morgan fingerprint density at radius 3 is 2.81 bits per heavy atom. The maximum Gasteiger partial charge on any atom is 0.213 e. The minimum absolute atomic E-state index is 0.501. The normalized spacial score (nSPS) is 12.7. The van der Waals surface area contributed by atoms with Gasteiger partial charge in [0.25, 0.3) is 0 Å². The molecule has 0 saturated carbocycles. The van der Waals surface area contributed by atoms with Gasteiger partial charge in [-0.25, -0.2) is 4.98 Å². The van der Waals surface area contributed by atoms with Crippen molar-refractivity contribution < 1.29 is 9.47 Å². The lowest BCUT2D eigenvalue weighted by atomic mass is 10.1. The highest BCUT2D eigenvalue weighted by Crippen LogP contribution is 2.13. The summed E-state index contributed by atoms with van der Waals surface area (Å²) < 4.78 is 10.4. The average molecular weight is 377 g/mol. The first-order chi connectivity index (χ1) is 12.7. The quantitative estimate of drug-likeness (QED) is 0.379. The Morgan fingerprint density at radius 2 is 2.15 bits per heavy atom. The summed E-state index contributed by atoms with van der Waals surface area (Å²) in [5.74, 6) is 1.94. The maximum absolute atomic E-state index is 5.46. The standard InChI is InChI=1S/C19H28N4O2S/c1-15(11-17-5-4-10-26-17)12-22-19(20-2)23-14-16-6-7-18(21-13-16)25-9-8-24-3/h4-7,10,13,15H,8-9,11-12,14H2,1-3H3,(H2,20,22,23). The molecule has 26 heavy (non-hydrogen) atoms. The number of ether oxygens (including phenoxy) is 2. The largest absolute Gasteiger partial charge is 0.475 e. The molecule has 2 heterocycles. The number of aliphatic imine (C=N–C) groups is 1. The van der Waals surface area contributed by atoms with Crippen LogP contribution < -0.4 is 15.4 Å². The Morgan fingerprint density at radius 1 is 1.27 bits per heavy atom. The molecule has 1 atom stereocenters. The summed E-state index contributed by atoms with van der Waals surface area (Å²) in [6.07, 6.45) is 2.89. The predicted molar refractivity (Wildman–Crippen MR) is 107 cm³/mol. The van der Waals surface area contributed by atoms with Gasteiger partial charge in [0.15, 0.2) is 5.96 Å². The second kappa shape index (κ2) is 11.5.